The molecule has 4 heteroatoms. The van der Waals surface area contributed by atoms with Crippen molar-refractivity contribution >= 4 is 28.4 Å². The molecule has 0 saturated heterocycles. The summed E-state index contributed by atoms with van der Waals surface area (Å²) in [6.45, 7) is 4.06. The maximum absolute atomic E-state index is 11.9. The summed E-state index contributed by atoms with van der Waals surface area (Å²) in [5, 5.41) is 4.66. The van der Waals surface area contributed by atoms with Crippen LogP contribution in [-0.4, -0.2) is 16.9 Å². The predicted octanol–water partition coefficient (Wildman–Crippen LogP) is 3.28. The Morgan fingerprint density at radius 3 is 3.00 bits per heavy atom. The second kappa shape index (κ2) is 5.44. The van der Waals surface area contributed by atoms with Gasteiger partial charge in [0.05, 0.1) is 6.42 Å². The van der Waals surface area contributed by atoms with Gasteiger partial charge in [-0.05, 0) is 37.1 Å². The Morgan fingerprint density at radius 1 is 1.50 bits per heavy atom. The standard InChI is InChI=1S/C14H17ClN2O/c1-3-9(2)17-14(18)6-10-8-16-13-5-4-11(15)7-12(10)13/h4-5,7-9,16H,3,6H2,1-2H3,(H,17,18). The molecule has 0 aliphatic rings. The number of nitrogens with one attached hydrogen (secondary N) is 2. The summed E-state index contributed by atoms with van der Waals surface area (Å²) >= 11 is 5.98. The Hall–Kier alpha value is -1.48. The number of amides is 1. The van der Waals surface area contributed by atoms with Crippen molar-refractivity contribution in [2.75, 3.05) is 0 Å². The number of carbonyl (C=O) groups excluding carboxylic acids is 1. The highest BCUT2D eigenvalue weighted by molar-refractivity contribution is 6.31. The highest BCUT2D eigenvalue weighted by Crippen LogP contribution is 2.22. The molecule has 0 fully saturated rings. The molecule has 2 rings (SSSR count). The van der Waals surface area contributed by atoms with Gasteiger partial charge in [-0.1, -0.05) is 18.5 Å². The summed E-state index contributed by atoms with van der Waals surface area (Å²) in [6.07, 6.45) is 3.19. The van der Waals surface area contributed by atoms with Crippen LogP contribution in [0.3, 0.4) is 0 Å². The maximum atomic E-state index is 11.9. The Bertz CT molecular complexity index is 562. The van der Waals surface area contributed by atoms with Gasteiger partial charge in [-0.3, -0.25) is 4.79 Å². The number of fused-ring (bicyclic) bond motifs is 1. The molecular weight excluding hydrogens is 248 g/mol. The molecule has 1 aromatic carbocycles. The smallest absolute Gasteiger partial charge is 0.224 e. The summed E-state index contributed by atoms with van der Waals surface area (Å²) in [5.74, 6) is 0.0465. The number of H-pyrrole nitrogens is 1. The monoisotopic (exact) mass is 264 g/mol. The van der Waals surface area contributed by atoms with E-state index in [0.29, 0.717) is 11.4 Å². The molecule has 0 bridgehead atoms. The molecule has 0 radical (unpaired) electrons. The predicted molar refractivity (Wildman–Crippen MR) is 74.9 cm³/mol. The molecule has 1 aromatic heterocycles. The van der Waals surface area contributed by atoms with Gasteiger partial charge in [0.15, 0.2) is 0 Å². The molecule has 1 unspecified atom stereocenters. The third kappa shape index (κ3) is 2.85. The number of carbonyl (C=O) groups is 1. The van der Waals surface area contributed by atoms with Crippen LogP contribution in [0.4, 0.5) is 0 Å². The highest BCUT2D eigenvalue weighted by Gasteiger charge is 2.10. The summed E-state index contributed by atoms with van der Waals surface area (Å²) in [6, 6.07) is 5.86. The van der Waals surface area contributed by atoms with Crippen molar-refractivity contribution in [3.05, 3.63) is 35.0 Å². The maximum Gasteiger partial charge on any atom is 0.224 e. The van der Waals surface area contributed by atoms with Crippen LogP contribution in [0.2, 0.25) is 5.02 Å². The number of halogens is 1. The lowest BCUT2D eigenvalue weighted by molar-refractivity contribution is -0.121. The van der Waals surface area contributed by atoms with E-state index in [1.807, 2.05) is 31.3 Å². The second-order valence-corrected chi connectivity index (χ2v) is 4.99. The summed E-state index contributed by atoms with van der Waals surface area (Å²) < 4.78 is 0. The molecule has 2 aromatic rings. The zero-order valence-corrected chi connectivity index (χ0v) is 11.3. The molecule has 2 N–H and O–H groups in total. The van der Waals surface area contributed by atoms with Crippen molar-refractivity contribution in [3.8, 4) is 0 Å². The third-order valence-corrected chi connectivity index (χ3v) is 3.34. The van der Waals surface area contributed by atoms with E-state index in [-0.39, 0.29) is 11.9 Å². The van der Waals surface area contributed by atoms with Crippen molar-refractivity contribution in [2.45, 2.75) is 32.7 Å². The summed E-state index contributed by atoms with van der Waals surface area (Å²) in [4.78, 5) is 15.0. The fraction of sp³-hybridized carbons (Fsp3) is 0.357. The van der Waals surface area contributed by atoms with Gasteiger partial charge in [0.2, 0.25) is 5.91 Å². The van der Waals surface area contributed by atoms with Crippen LogP contribution in [0.25, 0.3) is 10.9 Å². The van der Waals surface area contributed by atoms with E-state index < -0.39 is 0 Å². The van der Waals surface area contributed by atoms with Gasteiger partial charge in [-0.25, -0.2) is 0 Å². The van der Waals surface area contributed by atoms with Crippen molar-refractivity contribution in [1.29, 1.82) is 0 Å². The van der Waals surface area contributed by atoms with Crippen molar-refractivity contribution in [1.82, 2.24) is 10.3 Å². The zero-order chi connectivity index (χ0) is 13.1. The summed E-state index contributed by atoms with van der Waals surface area (Å²) in [7, 11) is 0. The van der Waals surface area contributed by atoms with Gasteiger partial charge in [0.25, 0.3) is 0 Å². The fourth-order valence-corrected chi connectivity index (χ4v) is 2.07. The lowest BCUT2D eigenvalue weighted by Gasteiger charge is -2.10. The van der Waals surface area contributed by atoms with E-state index in [1.54, 1.807) is 0 Å². The quantitative estimate of drug-likeness (QED) is 0.875. The van der Waals surface area contributed by atoms with Crippen LogP contribution in [0.15, 0.2) is 24.4 Å². The minimum absolute atomic E-state index is 0.0465. The molecular formula is C14H17ClN2O. The van der Waals surface area contributed by atoms with E-state index in [0.717, 1.165) is 22.9 Å². The molecule has 1 amide bonds. The lowest BCUT2D eigenvalue weighted by Crippen LogP contribution is -2.33. The van der Waals surface area contributed by atoms with Gasteiger partial charge in [0.1, 0.15) is 0 Å². The first-order chi connectivity index (χ1) is 8.60. The molecule has 1 atom stereocenters. The molecule has 0 spiro atoms. The van der Waals surface area contributed by atoms with E-state index in [9.17, 15) is 4.79 Å². The average molecular weight is 265 g/mol. The van der Waals surface area contributed by atoms with Crippen LogP contribution >= 0.6 is 11.6 Å². The number of hydrogen-bond acceptors (Lipinski definition) is 1. The molecule has 1 heterocycles. The minimum atomic E-state index is 0.0465. The average Bonchev–Trinajstić information content (AvgIpc) is 2.71. The minimum Gasteiger partial charge on any atom is -0.361 e. The molecule has 3 nitrogen and oxygen atoms in total. The SMILES string of the molecule is CCC(C)NC(=O)Cc1c[nH]c2ccc(Cl)cc12. The lowest BCUT2D eigenvalue weighted by atomic mass is 10.1. The normalized spacial score (nSPS) is 12.6. The van der Waals surface area contributed by atoms with Gasteiger partial charge >= 0.3 is 0 Å². The Labute approximate surface area is 112 Å². The first-order valence-electron chi connectivity index (χ1n) is 6.15. The van der Waals surface area contributed by atoms with Gasteiger partial charge < -0.3 is 10.3 Å². The second-order valence-electron chi connectivity index (χ2n) is 4.56. The first kappa shape index (κ1) is 13.0. The molecule has 96 valence electrons. The van der Waals surface area contributed by atoms with Crippen molar-refractivity contribution < 1.29 is 4.79 Å². The van der Waals surface area contributed by atoms with Crippen LogP contribution in [0, 0.1) is 0 Å². The summed E-state index contributed by atoms with van der Waals surface area (Å²) in [5.41, 5.74) is 1.99. The van der Waals surface area contributed by atoms with Gasteiger partial charge in [-0.2, -0.15) is 0 Å². The first-order valence-corrected chi connectivity index (χ1v) is 6.52. The fourth-order valence-electron chi connectivity index (χ4n) is 1.90. The molecule has 0 aliphatic carbocycles. The topological polar surface area (TPSA) is 44.9 Å². The molecule has 18 heavy (non-hydrogen) atoms. The number of aromatic nitrogens is 1. The van der Waals surface area contributed by atoms with E-state index in [4.69, 9.17) is 11.6 Å². The van der Waals surface area contributed by atoms with Crippen LogP contribution in [0.5, 0.6) is 0 Å². The Kier molecular flexibility index (Phi) is 3.92. The third-order valence-electron chi connectivity index (χ3n) is 3.10. The van der Waals surface area contributed by atoms with Gasteiger partial charge in [-0.15, -0.1) is 0 Å². The molecule has 0 saturated carbocycles. The van der Waals surface area contributed by atoms with E-state index >= 15 is 0 Å². The largest absolute Gasteiger partial charge is 0.361 e. The highest BCUT2D eigenvalue weighted by atomic mass is 35.5. The van der Waals surface area contributed by atoms with E-state index in [1.165, 1.54) is 0 Å². The van der Waals surface area contributed by atoms with E-state index in [2.05, 4.69) is 17.2 Å². The Morgan fingerprint density at radius 2 is 2.28 bits per heavy atom. The number of benzene rings is 1. The van der Waals surface area contributed by atoms with Crippen molar-refractivity contribution in [2.24, 2.45) is 0 Å². The molecule has 0 aliphatic heterocycles. The van der Waals surface area contributed by atoms with Gasteiger partial charge in [0, 0.05) is 28.2 Å². The number of aromatic amines is 1. The zero-order valence-electron chi connectivity index (χ0n) is 10.6. The van der Waals surface area contributed by atoms with Crippen LogP contribution in [0.1, 0.15) is 25.8 Å². The number of rotatable bonds is 4. The van der Waals surface area contributed by atoms with Crippen LogP contribution in [-0.2, 0) is 11.2 Å². The van der Waals surface area contributed by atoms with Crippen molar-refractivity contribution in [3.63, 3.8) is 0 Å². The Balaban J connectivity index is 2.16. The number of hydrogen-bond donors (Lipinski definition) is 2. The van der Waals surface area contributed by atoms with Crippen LogP contribution < -0.4 is 5.32 Å².